The minimum Gasteiger partial charge on any atom is -0.466 e. The van der Waals surface area contributed by atoms with Crippen LogP contribution in [-0.2, 0) is 14.3 Å². The number of ether oxygens (including phenoxy) is 1. The van der Waals surface area contributed by atoms with Crippen molar-refractivity contribution in [1.29, 1.82) is 0 Å². The zero-order valence-electron chi connectivity index (χ0n) is 10.8. The molecule has 0 radical (unpaired) electrons. The first-order chi connectivity index (χ1) is 8.86. The largest absolute Gasteiger partial charge is 0.471 e. The second-order valence-electron chi connectivity index (χ2n) is 4.49. The average Bonchev–Trinajstić information content (AvgIpc) is 2.82. The van der Waals surface area contributed by atoms with E-state index in [2.05, 4.69) is 4.74 Å². The normalized spacial score (nSPS) is 16.4. The summed E-state index contributed by atoms with van der Waals surface area (Å²) < 4.78 is 42.2. The fraction of sp³-hybridized carbons (Fsp3) is 0.833. The predicted octanol–water partition coefficient (Wildman–Crippen LogP) is 2.27. The Morgan fingerprint density at radius 2 is 1.84 bits per heavy atom. The maximum Gasteiger partial charge on any atom is 0.471 e. The summed E-state index contributed by atoms with van der Waals surface area (Å²) >= 11 is 0. The van der Waals surface area contributed by atoms with Crippen LogP contribution in [0.15, 0.2) is 0 Å². The van der Waals surface area contributed by atoms with E-state index >= 15 is 0 Å². The molecule has 0 atom stereocenters. The van der Waals surface area contributed by atoms with Crippen molar-refractivity contribution in [1.82, 2.24) is 4.90 Å². The lowest BCUT2D eigenvalue weighted by Crippen LogP contribution is -2.47. The van der Waals surface area contributed by atoms with Gasteiger partial charge in [-0.2, -0.15) is 13.2 Å². The van der Waals surface area contributed by atoms with Gasteiger partial charge in [-0.05, 0) is 19.8 Å². The van der Waals surface area contributed by atoms with E-state index in [0.717, 1.165) is 17.7 Å². The molecule has 0 aromatic heterocycles. The Labute approximate surface area is 109 Å². The molecule has 0 aromatic rings. The summed E-state index contributed by atoms with van der Waals surface area (Å²) in [6.07, 6.45) is -2.35. The van der Waals surface area contributed by atoms with Crippen LogP contribution in [0.2, 0.25) is 0 Å². The SMILES string of the molecule is CCOC(=O)CCN(C(=O)C(F)(F)F)C1CCCC1. The summed E-state index contributed by atoms with van der Waals surface area (Å²) in [5.41, 5.74) is 0. The summed E-state index contributed by atoms with van der Waals surface area (Å²) in [5, 5.41) is 0. The molecule has 0 N–H and O–H groups in total. The van der Waals surface area contributed by atoms with Gasteiger partial charge < -0.3 is 9.64 Å². The molecule has 19 heavy (non-hydrogen) atoms. The Morgan fingerprint density at radius 1 is 1.26 bits per heavy atom. The van der Waals surface area contributed by atoms with Gasteiger partial charge in [0, 0.05) is 12.6 Å². The van der Waals surface area contributed by atoms with Crippen LogP contribution in [-0.4, -0.2) is 42.1 Å². The molecule has 1 saturated carbocycles. The number of carbonyl (C=O) groups is 2. The minimum atomic E-state index is -4.89. The van der Waals surface area contributed by atoms with E-state index in [-0.39, 0.29) is 19.6 Å². The molecule has 0 aromatic carbocycles. The van der Waals surface area contributed by atoms with Crippen molar-refractivity contribution in [3.8, 4) is 0 Å². The number of hydrogen-bond acceptors (Lipinski definition) is 3. The molecule has 0 aliphatic heterocycles. The van der Waals surface area contributed by atoms with E-state index in [1.165, 1.54) is 0 Å². The van der Waals surface area contributed by atoms with Gasteiger partial charge >= 0.3 is 18.1 Å². The van der Waals surface area contributed by atoms with E-state index in [4.69, 9.17) is 0 Å². The number of rotatable bonds is 5. The third kappa shape index (κ3) is 4.72. The standard InChI is InChI=1S/C12H18F3NO3/c1-2-19-10(17)7-8-16(9-5-3-4-6-9)11(18)12(13,14)15/h9H,2-8H2,1H3. The molecule has 1 rings (SSSR count). The third-order valence-corrected chi connectivity index (χ3v) is 3.13. The maximum absolute atomic E-state index is 12.5. The van der Waals surface area contributed by atoms with Crippen molar-refractivity contribution >= 4 is 11.9 Å². The molecule has 1 fully saturated rings. The number of esters is 1. The van der Waals surface area contributed by atoms with Gasteiger partial charge in [-0.25, -0.2) is 0 Å². The van der Waals surface area contributed by atoms with Gasteiger partial charge in [0.25, 0.3) is 0 Å². The topological polar surface area (TPSA) is 46.6 Å². The van der Waals surface area contributed by atoms with Crippen LogP contribution in [0.4, 0.5) is 13.2 Å². The van der Waals surface area contributed by atoms with Gasteiger partial charge in [-0.1, -0.05) is 12.8 Å². The van der Waals surface area contributed by atoms with Crippen LogP contribution in [0.5, 0.6) is 0 Å². The number of nitrogens with zero attached hydrogens (tertiary/aromatic N) is 1. The van der Waals surface area contributed by atoms with Gasteiger partial charge in [0.1, 0.15) is 0 Å². The molecule has 1 aliphatic carbocycles. The Balaban J connectivity index is 2.64. The third-order valence-electron chi connectivity index (χ3n) is 3.13. The van der Waals surface area contributed by atoms with Crippen molar-refractivity contribution in [2.24, 2.45) is 0 Å². The molecular weight excluding hydrogens is 263 g/mol. The molecule has 110 valence electrons. The zero-order chi connectivity index (χ0) is 14.5. The maximum atomic E-state index is 12.5. The van der Waals surface area contributed by atoms with Crippen LogP contribution in [0.3, 0.4) is 0 Å². The first-order valence-corrected chi connectivity index (χ1v) is 6.39. The van der Waals surface area contributed by atoms with Crippen LogP contribution in [0.1, 0.15) is 39.0 Å². The van der Waals surface area contributed by atoms with Crippen LogP contribution < -0.4 is 0 Å². The highest BCUT2D eigenvalue weighted by Gasteiger charge is 2.44. The minimum absolute atomic E-state index is 0.176. The molecule has 0 bridgehead atoms. The Morgan fingerprint density at radius 3 is 2.32 bits per heavy atom. The van der Waals surface area contributed by atoms with Gasteiger partial charge in [-0.3, -0.25) is 9.59 Å². The van der Waals surface area contributed by atoms with Crippen LogP contribution >= 0.6 is 0 Å². The summed E-state index contributed by atoms with van der Waals surface area (Å²) in [6.45, 7) is 1.56. The van der Waals surface area contributed by atoms with Crippen molar-refractivity contribution in [3.63, 3.8) is 0 Å². The van der Waals surface area contributed by atoms with Gasteiger partial charge in [0.05, 0.1) is 13.0 Å². The van der Waals surface area contributed by atoms with Crippen molar-refractivity contribution < 1.29 is 27.5 Å². The lowest BCUT2D eigenvalue weighted by molar-refractivity contribution is -0.188. The number of hydrogen-bond donors (Lipinski definition) is 0. The second kappa shape index (κ2) is 6.77. The van der Waals surface area contributed by atoms with Crippen molar-refractivity contribution in [3.05, 3.63) is 0 Å². The molecule has 4 nitrogen and oxygen atoms in total. The number of alkyl halides is 3. The van der Waals surface area contributed by atoms with Crippen LogP contribution in [0, 0.1) is 0 Å². The fourth-order valence-electron chi connectivity index (χ4n) is 2.27. The quantitative estimate of drug-likeness (QED) is 0.726. The van der Waals surface area contributed by atoms with E-state index in [0.29, 0.717) is 12.8 Å². The van der Waals surface area contributed by atoms with Crippen molar-refractivity contribution in [2.45, 2.75) is 51.2 Å². The molecule has 0 heterocycles. The molecule has 1 aliphatic rings. The Bertz CT molecular complexity index is 325. The highest BCUT2D eigenvalue weighted by molar-refractivity contribution is 5.82. The molecule has 0 unspecified atom stereocenters. The van der Waals surface area contributed by atoms with E-state index < -0.39 is 24.1 Å². The first-order valence-electron chi connectivity index (χ1n) is 6.39. The van der Waals surface area contributed by atoms with E-state index in [1.807, 2.05) is 0 Å². The number of amides is 1. The van der Waals surface area contributed by atoms with E-state index in [9.17, 15) is 22.8 Å². The molecule has 0 spiro atoms. The summed E-state index contributed by atoms with van der Waals surface area (Å²) in [5.74, 6) is -2.44. The van der Waals surface area contributed by atoms with E-state index in [1.54, 1.807) is 6.92 Å². The lowest BCUT2D eigenvalue weighted by atomic mass is 10.2. The van der Waals surface area contributed by atoms with Gasteiger partial charge in [-0.15, -0.1) is 0 Å². The first kappa shape index (κ1) is 15.8. The predicted molar refractivity (Wildman–Crippen MR) is 61.3 cm³/mol. The highest BCUT2D eigenvalue weighted by Crippen LogP contribution is 2.28. The van der Waals surface area contributed by atoms with Gasteiger partial charge in [0.2, 0.25) is 0 Å². The molecular formula is C12H18F3NO3. The Kier molecular flexibility index (Phi) is 5.62. The number of carbonyl (C=O) groups excluding carboxylic acids is 2. The molecule has 1 amide bonds. The molecule has 7 heteroatoms. The smallest absolute Gasteiger partial charge is 0.466 e. The summed E-state index contributed by atoms with van der Waals surface area (Å²) in [7, 11) is 0. The number of halogens is 3. The molecule has 0 saturated heterocycles. The van der Waals surface area contributed by atoms with Gasteiger partial charge in [0.15, 0.2) is 0 Å². The monoisotopic (exact) mass is 281 g/mol. The van der Waals surface area contributed by atoms with Crippen LogP contribution in [0.25, 0.3) is 0 Å². The highest BCUT2D eigenvalue weighted by atomic mass is 19.4. The fourth-order valence-corrected chi connectivity index (χ4v) is 2.27. The summed E-state index contributed by atoms with van der Waals surface area (Å²) in [6, 6.07) is -0.413. The van der Waals surface area contributed by atoms with Crippen molar-refractivity contribution in [2.75, 3.05) is 13.2 Å². The average molecular weight is 281 g/mol. The Hall–Kier alpha value is -1.27. The second-order valence-corrected chi connectivity index (χ2v) is 4.49. The lowest BCUT2D eigenvalue weighted by Gasteiger charge is -2.29. The zero-order valence-corrected chi connectivity index (χ0v) is 10.8. The summed E-state index contributed by atoms with van der Waals surface area (Å²) in [4.78, 5) is 23.3.